The molecule has 1 nitrogen and oxygen atoms in total. The van der Waals surface area contributed by atoms with Crippen molar-refractivity contribution < 1.29 is 5.11 Å². The molecule has 0 aliphatic heterocycles. The molecule has 60 valence electrons. The highest BCUT2D eigenvalue weighted by Crippen LogP contribution is 2.00. The van der Waals surface area contributed by atoms with Gasteiger partial charge in [0, 0.05) is 0 Å². The summed E-state index contributed by atoms with van der Waals surface area (Å²) in [5.41, 5.74) is 0. The lowest BCUT2D eigenvalue weighted by molar-refractivity contribution is 0.434. The van der Waals surface area contributed by atoms with Crippen LogP contribution in [0.1, 0.15) is 6.92 Å². The summed E-state index contributed by atoms with van der Waals surface area (Å²) in [6.45, 7) is 8.90. The van der Waals surface area contributed by atoms with E-state index in [4.69, 9.17) is 5.11 Å². The van der Waals surface area contributed by atoms with Gasteiger partial charge in [-0.05, 0) is 12.0 Å². The van der Waals surface area contributed by atoms with Crippen LogP contribution in [0.3, 0.4) is 0 Å². The lowest BCUT2D eigenvalue weighted by Gasteiger charge is -1.94. The molecule has 0 aliphatic rings. The maximum Gasteiger partial charge on any atom is 0.108 e. The molecule has 1 atom stereocenters. The molecule has 0 saturated heterocycles. The zero-order chi connectivity index (χ0) is 8.69. The molecule has 0 amide bonds. The fourth-order valence-electron chi connectivity index (χ4n) is 0.581. The molecule has 0 fully saturated rings. The number of allylic oxidation sites excluding steroid dienone is 5. The molecule has 0 aromatic rings. The van der Waals surface area contributed by atoms with Crippen LogP contribution >= 0.6 is 0 Å². The van der Waals surface area contributed by atoms with E-state index in [-0.39, 0.29) is 5.76 Å². The van der Waals surface area contributed by atoms with E-state index in [1.807, 2.05) is 25.2 Å². The maximum absolute atomic E-state index is 8.70. The third kappa shape index (κ3) is 6.65. The zero-order valence-electron chi connectivity index (χ0n) is 6.83. The quantitative estimate of drug-likeness (QED) is 0.482. The summed E-state index contributed by atoms with van der Waals surface area (Å²) in [6.07, 6.45) is 9.01. The van der Waals surface area contributed by atoms with Crippen LogP contribution in [0, 0.1) is 5.92 Å². The van der Waals surface area contributed by atoms with E-state index in [1.165, 1.54) is 0 Å². The zero-order valence-corrected chi connectivity index (χ0v) is 6.83. The largest absolute Gasteiger partial charge is 0.509 e. The van der Waals surface area contributed by atoms with E-state index in [1.54, 1.807) is 12.2 Å². The van der Waals surface area contributed by atoms with E-state index in [2.05, 4.69) is 13.2 Å². The van der Waals surface area contributed by atoms with E-state index < -0.39 is 0 Å². The minimum Gasteiger partial charge on any atom is -0.509 e. The van der Waals surface area contributed by atoms with Crippen molar-refractivity contribution >= 4 is 0 Å². The van der Waals surface area contributed by atoms with Crippen LogP contribution in [0.15, 0.2) is 49.3 Å². The van der Waals surface area contributed by atoms with Gasteiger partial charge in [-0.3, -0.25) is 0 Å². The van der Waals surface area contributed by atoms with E-state index >= 15 is 0 Å². The first-order chi connectivity index (χ1) is 5.16. The van der Waals surface area contributed by atoms with E-state index in [0.717, 1.165) is 0 Å². The molecule has 0 radical (unpaired) electrons. The summed E-state index contributed by atoms with van der Waals surface area (Å²) in [6, 6.07) is 0. The van der Waals surface area contributed by atoms with Crippen molar-refractivity contribution in [1.82, 2.24) is 0 Å². The smallest absolute Gasteiger partial charge is 0.108 e. The van der Waals surface area contributed by atoms with Crippen LogP contribution < -0.4 is 0 Å². The third-order valence-corrected chi connectivity index (χ3v) is 1.14. The molecule has 0 saturated carbocycles. The monoisotopic (exact) mass is 150 g/mol. The molecule has 0 rings (SSSR count). The molecule has 1 N–H and O–H groups in total. The second-order valence-corrected chi connectivity index (χ2v) is 2.33. The Morgan fingerprint density at radius 2 is 2.09 bits per heavy atom. The number of hydrogen-bond donors (Lipinski definition) is 1. The van der Waals surface area contributed by atoms with E-state index in [9.17, 15) is 0 Å². The van der Waals surface area contributed by atoms with Gasteiger partial charge in [0.05, 0.1) is 0 Å². The summed E-state index contributed by atoms with van der Waals surface area (Å²) in [7, 11) is 0. The molecule has 11 heavy (non-hydrogen) atoms. The van der Waals surface area contributed by atoms with Gasteiger partial charge in [-0.1, -0.05) is 44.4 Å². The fraction of sp³-hybridized carbons (Fsp3) is 0.200. The van der Waals surface area contributed by atoms with Crippen molar-refractivity contribution in [2.75, 3.05) is 0 Å². The number of aliphatic hydroxyl groups is 1. The molecule has 0 aromatic carbocycles. The van der Waals surface area contributed by atoms with Crippen molar-refractivity contribution in [3.63, 3.8) is 0 Å². The van der Waals surface area contributed by atoms with Crippen LogP contribution in [0.4, 0.5) is 0 Å². The standard InChI is InChI=1S/C10H14O/c1-4-5-6-9(2)7-8-10(3)11/h4-9,11H,1,3H2,2H3/b6-5-,8-7-. The van der Waals surface area contributed by atoms with Crippen molar-refractivity contribution in [1.29, 1.82) is 0 Å². The van der Waals surface area contributed by atoms with Crippen LogP contribution in [0.25, 0.3) is 0 Å². The first-order valence-electron chi connectivity index (χ1n) is 3.52. The van der Waals surface area contributed by atoms with Gasteiger partial charge in [0.1, 0.15) is 5.76 Å². The molecular formula is C10H14O. The van der Waals surface area contributed by atoms with Crippen molar-refractivity contribution in [3.8, 4) is 0 Å². The number of rotatable bonds is 4. The Morgan fingerprint density at radius 1 is 1.45 bits per heavy atom. The van der Waals surface area contributed by atoms with Gasteiger partial charge in [-0.15, -0.1) is 0 Å². The van der Waals surface area contributed by atoms with Crippen LogP contribution in [-0.4, -0.2) is 5.11 Å². The minimum absolute atomic E-state index is 0.0869. The predicted molar refractivity (Wildman–Crippen MR) is 49.4 cm³/mol. The van der Waals surface area contributed by atoms with Gasteiger partial charge in [0.15, 0.2) is 0 Å². The molecule has 1 unspecified atom stereocenters. The topological polar surface area (TPSA) is 20.2 Å². The molecule has 0 bridgehead atoms. The molecule has 0 heterocycles. The Kier molecular flexibility index (Phi) is 4.91. The molecule has 0 spiro atoms. The summed E-state index contributed by atoms with van der Waals surface area (Å²) in [4.78, 5) is 0. The Labute approximate surface area is 68.1 Å². The number of hydrogen-bond acceptors (Lipinski definition) is 1. The lowest BCUT2D eigenvalue weighted by atomic mass is 10.1. The van der Waals surface area contributed by atoms with Gasteiger partial charge in [-0.2, -0.15) is 0 Å². The Bertz CT molecular complexity index is 187. The highest BCUT2D eigenvalue weighted by molar-refractivity contribution is 5.11. The molecule has 0 aromatic heterocycles. The minimum atomic E-state index is 0.0869. The summed E-state index contributed by atoms with van der Waals surface area (Å²) < 4.78 is 0. The normalized spacial score (nSPS) is 13.9. The van der Waals surface area contributed by atoms with Gasteiger partial charge in [0.25, 0.3) is 0 Å². The van der Waals surface area contributed by atoms with Crippen LogP contribution in [0.5, 0.6) is 0 Å². The first kappa shape index (κ1) is 9.76. The van der Waals surface area contributed by atoms with E-state index in [0.29, 0.717) is 5.92 Å². The highest BCUT2D eigenvalue weighted by atomic mass is 16.3. The second kappa shape index (κ2) is 5.54. The Hall–Kier alpha value is -1.24. The van der Waals surface area contributed by atoms with Gasteiger partial charge in [-0.25, -0.2) is 0 Å². The van der Waals surface area contributed by atoms with Crippen molar-refractivity contribution in [2.45, 2.75) is 6.92 Å². The second-order valence-electron chi connectivity index (χ2n) is 2.33. The van der Waals surface area contributed by atoms with Gasteiger partial charge < -0.3 is 5.11 Å². The average Bonchev–Trinajstić information content (AvgIpc) is 1.97. The summed E-state index contributed by atoms with van der Waals surface area (Å²) >= 11 is 0. The average molecular weight is 150 g/mol. The first-order valence-corrected chi connectivity index (χ1v) is 3.52. The van der Waals surface area contributed by atoms with Gasteiger partial charge in [0.2, 0.25) is 0 Å². The highest BCUT2D eigenvalue weighted by Gasteiger charge is 1.87. The number of aliphatic hydroxyl groups excluding tert-OH is 1. The van der Waals surface area contributed by atoms with Crippen LogP contribution in [-0.2, 0) is 0 Å². The third-order valence-electron chi connectivity index (χ3n) is 1.14. The lowest BCUT2D eigenvalue weighted by Crippen LogP contribution is -1.81. The molecule has 0 aliphatic carbocycles. The van der Waals surface area contributed by atoms with Gasteiger partial charge >= 0.3 is 0 Å². The Balaban J connectivity index is 3.85. The molecular weight excluding hydrogens is 136 g/mol. The molecule has 1 heteroatoms. The van der Waals surface area contributed by atoms with Crippen molar-refractivity contribution in [3.05, 3.63) is 49.3 Å². The van der Waals surface area contributed by atoms with Crippen molar-refractivity contribution in [2.24, 2.45) is 5.92 Å². The summed E-state index contributed by atoms with van der Waals surface area (Å²) in [5.74, 6) is 0.390. The summed E-state index contributed by atoms with van der Waals surface area (Å²) in [5, 5.41) is 8.70. The Morgan fingerprint density at radius 3 is 2.55 bits per heavy atom. The predicted octanol–water partition coefficient (Wildman–Crippen LogP) is 2.99. The fourth-order valence-corrected chi connectivity index (χ4v) is 0.581. The maximum atomic E-state index is 8.70. The SMILES string of the molecule is C=C/C=C\C(C)/C=C\C(=C)O. The van der Waals surface area contributed by atoms with Crippen LogP contribution in [0.2, 0.25) is 0 Å².